The molecule has 0 spiro atoms. The average Bonchev–Trinajstić information content (AvgIpc) is 3.23. The highest BCUT2D eigenvalue weighted by atomic mass is 32.2. The summed E-state index contributed by atoms with van der Waals surface area (Å²) in [6.07, 6.45) is 6.07. The Balaban J connectivity index is 1.67. The standard InChI is InChI=1S/C17H18FN5O3S2/c1-11-15(12-3-4-14(13(18)9-12)28(2,25)26)27-17(21-11)22-16(24)20-6-8-23-7-5-19-10-23/h3-5,7,9-10H,6,8H2,1-2H3,(H2,20,21,22,24). The van der Waals surface area contributed by atoms with Crippen molar-refractivity contribution < 1.29 is 17.6 Å². The molecule has 148 valence electrons. The third kappa shape index (κ3) is 4.73. The molecule has 0 fully saturated rings. The molecular weight excluding hydrogens is 405 g/mol. The van der Waals surface area contributed by atoms with Gasteiger partial charge < -0.3 is 9.88 Å². The Morgan fingerprint density at radius 2 is 2.14 bits per heavy atom. The number of sulfone groups is 1. The van der Waals surface area contributed by atoms with Crippen LogP contribution < -0.4 is 10.6 Å². The van der Waals surface area contributed by atoms with Crippen molar-refractivity contribution in [3.63, 3.8) is 0 Å². The fourth-order valence-corrected chi connectivity index (χ4v) is 4.21. The summed E-state index contributed by atoms with van der Waals surface area (Å²) in [6.45, 7) is 2.73. The smallest absolute Gasteiger partial charge is 0.321 e. The third-order valence-electron chi connectivity index (χ3n) is 3.83. The molecule has 3 aromatic rings. The lowest BCUT2D eigenvalue weighted by Gasteiger charge is -2.05. The number of rotatable bonds is 6. The molecule has 2 aromatic heterocycles. The largest absolute Gasteiger partial charge is 0.336 e. The molecule has 0 aliphatic rings. The van der Waals surface area contributed by atoms with E-state index in [0.29, 0.717) is 34.4 Å². The lowest BCUT2D eigenvalue weighted by atomic mass is 10.1. The maximum atomic E-state index is 14.2. The second-order valence-corrected chi connectivity index (χ2v) is 9.02. The fourth-order valence-electron chi connectivity index (χ4n) is 2.52. The van der Waals surface area contributed by atoms with E-state index < -0.39 is 21.7 Å². The van der Waals surface area contributed by atoms with Gasteiger partial charge in [0.05, 0.1) is 16.9 Å². The van der Waals surface area contributed by atoms with Crippen LogP contribution in [0.25, 0.3) is 10.4 Å². The van der Waals surface area contributed by atoms with E-state index in [0.717, 1.165) is 12.3 Å². The van der Waals surface area contributed by atoms with Crippen LogP contribution in [-0.4, -0.2) is 41.8 Å². The van der Waals surface area contributed by atoms with E-state index in [-0.39, 0.29) is 4.90 Å². The number of nitrogens with zero attached hydrogens (tertiary/aromatic N) is 3. The monoisotopic (exact) mass is 423 g/mol. The molecule has 8 nitrogen and oxygen atoms in total. The van der Waals surface area contributed by atoms with Crippen LogP contribution in [-0.2, 0) is 16.4 Å². The van der Waals surface area contributed by atoms with Gasteiger partial charge in [0.15, 0.2) is 15.0 Å². The first kappa shape index (κ1) is 20.0. The number of thiazole rings is 1. The summed E-state index contributed by atoms with van der Waals surface area (Å²) in [4.78, 5) is 20.5. The second-order valence-electron chi connectivity index (χ2n) is 6.03. The fraction of sp³-hybridized carbons (Fsp3) is 0.235. The minimum absolute atomic E-state index is 0.353. The summed E-state index contributed by atoms with van der Waals surface area (Å²) in [7, 11) is -3.64. The molecule has 0 aliphatic carbocycles. The van der Waals surface area contributed by atoms with E-state index in [9.17, 15) is 17.6 Å². The Kier molecular flexibility index (Phi) is 5.75. The van der Waals surface area contributed by atoms with Crippen molar-refractivity contribution in [1.82, 2.24) is 19.9 Å². The molecular formula is C17H18FN5O3S2. The summed E-state index contributed by atoms with van der Waals surface area (Å²) < 4.78 is 39.1. The van der Waals surface area contributed by atoms with Gasteiger partial charge in [-0.2, -0.15) is 0 Å². The topological polar surface area (TPSA) is 106 Å². The number of benzene rings is 1. The van der Waals surface area contributed by atoms with E-state index in [1.165, 1.54) is 23.5 Å². The zero-order valence-electron chi connectivity index (χ0n) is 15.1. The molecule has 0 unspecified atom stereocenters. The van der Waals surface area contributed by atoms with Gasteiger partial charge in [0, 0.05) is 31.7 Å². The van der Waals surface area contributed by atoms with E-state index in [1.54, 1.807) is 25.6 Å². The lowest BCUT2D eigenvalue weighted by Crippen LogP contribution is -2.31. The van der Waals surface area contributed by atoms with Crippen molar-refractivity contribution >= 4 is 32.3 Å². The van der Waals surface area contributed by atoms with Gasteiger partial charge in [-0.05, 0) is 24.6 Å². The normalized spacial score (nSPS) is 11.4. The number of halogens is 1. The van der Waals surface area contributed by atoms with E-state index in [4.69, 9.17) is 0 Å². The van der Waals surface area contributed by atoms with Crippen molar-refractivity contribution in [3.8, 4) is 10.4 Å². The molecule has 0 atom stereocenters. The van der Waals surface area contributed by atoms with Gasteiger partial charge in [-0.25, -0.2) is 27.6 Å². The summed E-state index contributed by atoms with van der Waals surface area (Å²) in [6, 6.07) is 3.51. The highest BCUT2D eigenvalue weighted by Crippen LogP contribution is 2.34. The molecule has 28 heavy (non-hydrogen) atoms. The molecule has 3 rings (SSSR count). The number of hydrogen-bond donors (Lipinski definition) is 2. The Bertz CT molecular complexity index is 1090. The van der Waals surface area contributed by atoms with Crippen LogP contribution >= 0.6 is 11.3 Å². The Hall–Kier alpha value is -2.79. The van der Waals surface area contributed by atoms with Crippen molar-refractivity contribution in [1.29, 1.82) is 0 Å². The molecule has 0 saturated heterocycles. The molecule has 2 amide bonds. The SMILES string of the molecule is Cc1nc(NC(=O)NCCn2ccnc2)sc1-c1ccc(S(C)(=O)=O)c(F)c1. The Morgan fingerprint density at radius 3 is 2.79 bits per heavy atom. The van der Waals surface area contributed by atoms with Crippen molar-refractivity contribution in [3.05, 3.63) is 48.4 Å². The molecule has 0 saturated carbocycles. The zero-order chi connectivity index (χ0) is 20.3. The second kappa shape index (κ2) is 8.07. The van der Waals surface area contributed by atoms with Gasteiger partial charge in [0.25, 0.3) is 0 Å². The molecule has 2 heterocycles. The number of aryl methyl sites for hydroxylation is 1. The number of anilines is 1. The first-order chi connectivity index (χ1) is 13.2. The maximum Gasteiger partial charge on any atom is 0.321 e. The third-order valence-corrected chi connectivity index (χ3v) is 6.08. The average molecular weight is 423 g/mol. The highest BCUT2D eigenvalue weighted by molar-refractivity contribution is 7.90. The summed E-state index contributed by atoms with van der Waals surface area (Å²) in [5.41, 5.74) is 1.10. The van der Waals surface area contributed by atoms with Crippen LogP contribution in [0.2, 0.25) is 0 Å². The van der Waals surface area contributed by atoms with Crippen LogP contribution in [0.3, 0.4) is 0 Å². The van der Waals surface area contributed by atoms with Gasteiger partial charge in [0.2, 0.25) is 0 Å². The van der Waals surface area contributed by atoms with Gasteiger partial charge in [-0.3, -0.25) is 5.32 Å². The maximum absolute atomic E-state index is 14.2. The number of amides is 2. The van der Waals surface area contributed by atoms with Crippen molar-refractivity contribution in [2.24, 2.45) is 0 Å². The minimum Gasteiger partial charge on any atom is -0.336 e. The first-order valence-corrected chi connectivity index (χ1v) is 10.9. The number of imidazole rings is 1. The van der Waals surface area contributed by atoms with Crippen molar-refractivity contribution in [2.45, 2.75) is 18.4 Å². The molecule has 11 heteroatoms. The molecule has 0 radical (unpaired) electrons. The number of carbonyl (C=O) groups is 1. The van der Waals surface area contributed by atoms with Gasteiger partial charge in [-0.15, -0.1) is 0 Å². The predicted molar refractivity (Wildman–Crippen MR) is 105 cm³/mol. The van der Waals surface area contributed by atoms with E-state index in [2.05, 4.69) is 20.6 Å². The summed E-state index contributed by atoms with van der Waals surface area (Å²) in [5, 5.41) is 5.72. The van der Waals surface area contributed by atoms with Crippen molar-refractivity contribution in [2.75, 3.05) is 18.1 Å². The number of nitrogens with one attached hydrogen (secondary N) is 2. The van der Waals surface area contributed by atoms with E-state index >= 15 is 0 Å². The van der Waals surface area contributed by atoms with E-state index in [1.807, 2.05) is 4.57 Å². The van der Waals surface area contributed by atoms with Gasteiger partial charge >= 0.3 is 6.03 Å². The Labute approximate surface area is 165 Å². The van der Waals surface area contributed by atoms with Crippen LogP contribution in [0, 0.1) is 12.7 Å². The van der Waals surface area contributed by atoms with Gasteiger partial charge in [-0.1, -0.05) is 17.4 Å². The summed E-state index contributed by atoms with van der Waals surface area (Å²) in [5.74, 6) is -0.820. The molecule has 1 aromatic carbocycles. The minimum atomic E-state index is -3.64. The molecule has 0 bridgehead atoms. The van der Waals surface area contributed by atoms with Gasteiger partial charge in [0.1, 0.15) is 10.7 Å². The molecule has 0 aliphatic heterocycles. The quantitative estimate of drug-likeness (QED) is 0.634. The first-order valence-electron chi connectivity index (χ1n) is 8.22. The highest BCUT2D eigenvalue weighted by Gasteiger charge is 2.17. The lowest BCUT2D eigenvalue weighted by molar-refractivity contribution is 0.251. The zero-order valence-corrected chi connectivity index (χ0v) is 16.8. The number of urea groups is 1. The van der Waals surface area contributed by atoms with Crippen LogP contribution in [0.5, 0.6) is 0 Å². The number of hydrogen-bond acceptors (Lipinski definition) is 6. The molecule has 2 N–H and O–H groups in total. The predicted octanol–water partition coefficient (Wildman–Crippen LogP) is 2.68. The van der Waals surface area contributed by atoms with Crippen LogP contribution in [0.15, 0.2) is 41.8 Å². The Morgan fingerprint density at radius 1 is 1.36 bits per heavy atom. The summed E-state index contributed by atoms with van der Waals surface area (Å²) >= 11 is 1.18. The van der Waals surface area contributed by atoms with Crippen LogP contribution in [0.1, 0.15) is 5.69 Å². The van der Waals surface area contributed by atoms with Crippen LogP contribution in [0.4, 0.5) is 14.3 Å². The number of aromatic nitrogens is 3. The number of carbonyl (C=O) groups excluding carboxylic acids is 1.